The van der Waals surface area contributed by atoms with Gasteiger partial charge in [-0.05, 0) is 32.6 Å². The Labute approximate surface area is 94.1 Å². The number of hydrogen-bond donors (Lipinski definition) is 1. The van der Waals surface area contributed by atoms with Crippen molar-refractivity contribution in [2.24, 2.45) is 5.92 Å². The van der Waals surface area contributed by atoms with Gasteiger partial charge in [0.05, 0.1) is 6.10 Å². The highest BCUT2D eigenvalue weighted by molar-refractivity contribution is 4.95. The van der Waals surface area contributed by atoms with Crippen molar-refractivity contribution in [3.05, 3.63) is 11.6 Å². The maximum absolute atomic E-state index is 5.74. The molecular weight excluding hydrogens is 186 g/mol. The molecule has 1 saturated heterocycles. The highest BCUT2D eigenvalue weighted by Gasteiger charge is 2.23. The molecule has 0 aromatic carbocycles. The van der Waals surface area contributed by atoms with Gasteiger partial charge in [-0.3, -0.25) is 0 Å². The van der Waals surface area contributed by atoms with E-state index in [1.165, 1.54) is 5.57 Å². The van der Waals surface area contributed by atoms with E-state index in [0.29, 0.717) is 18.1 Å². The van der Waals surface area contributed by atoms with E-state index in [4.69, 9.17) is 4.74 Å². The summed E-state index contributed by atoms with van der Waals surface area (Å²) in [4.78, 5) is 0. The van der Waals surface area contributed by atoms with E-state index in [9.17, 15) is 0 Å². The Kier molecular flexibility index (Phi) is 5.34. The van der Waals surface area contributed by atoms with Crippen molar-refractivity contribution in [2.45, 2.75) is 52.7 Å². The van der Waals surface area contributed by atoms with Crippen LogP contribution in [0.3, 0.4) is 0 Å². The molecule has 1 N–H and O–H groups in total. The molecule has 2 nitrogen and oxygen atoms in total. The predicted molar refractivity (Wildman–Crippen MR) is 65.0 cm³/mol. The van der Waals surface area contributed by atoms with Gasteiger partial charge in [0.25, 0.3) is 0 Å². The minimum absolute atomic E-state index is 0.447. The van der Waals surface area contributed by atoms with E-state index >= 15 is 0 Å². The van der Waals surface area contributed by atoms with Crippen LogP contribution in [0.1, 0.15) is 40.5 Å². The third-order valence-corrected chi connectivity index (χ3v) is 2.98. The lowest BCUT2D eigenvalue weighted by Gasteiger charge is -2.32. The van der Waals surface area contributed by atoms with Crippen molar-refractivity contribution in [1.29, 1.82) is 0 Å². The molecule has 2 atom stereocenters. The first-order valence-electron chi connectivity index (χ1n) is 6.08. The fourth-order valence-corrected chi connectivity index (χ4v) is 1.91. The summed E-state index contributed by atoms with van der Waals surface area (Å²) in [5.41, 5.74) is 1.38. The number of rotatable bonds is 4. The van der Waals surface area contributed by atoms with E-state index in [1.807, 2.05) is 0 Å². The Morgan fingerprint density at radius 1 is 1.47 bits per heavy atom. The fourth-order valence-electron chi connectivity index (χ4n) is 1.91. The molecule has 0 bridgehead atoms. The summed E-state index contributed by atoms with van der Waals surface area (Å²) in [6, 6.07) is 0.641. The zero-order valence-corrected chi connectivity index (χ0v) is 10.5. The van der Waals surface area contributed by atoms with E-state index in [0.717, 1.165) is 26.0 Å². The second-order valence-corrected chi connectivity index (χ2v) is 5.06. The average Bonchev–Trinajstić information content (AvgIpc) is 2.17. The lowest BCUT2D eigenvalue weighted by atomic mass is 9.95. The third kappa shape index (κ3) is 4.80. The Balaban J connectivity index is 2.27. The predicted octanol–water partition coefficient (Wildman–Crippen LogP) is 2.75. The standard InChI is InChI=1S/C13H25NO/c1-10(2)5-7-14-12-6-8-15-13(9-12)11(3)4/h5,11-14H,6-9H2,1-4H3. The second-order valence-electron chi connectivity index (χ2n) is 5.06. The quantitative estimate of drug-likeness (QED) is 0.722. The van der Waals surface area contributed by atoms with E-state index < -0.39 is 0 Å². The average molecular weight is 211 g/mol. The minimum atomic E-state index is 0.447. The lowest BCUT2D eigenvalue weighted by molar-refractivity contribution is -0.0238. The molecule has 0 spiro atoms. The SMILES string of the molecule is CC(C)=CCNC1CCOC(C(C)C)C1. The van der Waals surface area contributed by atoms with E-state index in [-0.39, 0.29) is 0 Å². The van der Waals surface area contributed by atoms with Crippen molar-refractivity contribution in [3.63, 3.8) is 0 Å². The first-order chi connectivity index (χ1) is 7.09. The normalized spacial score (nSPS) is 26.7. The van der Waals surface area contributed by atoms with E-state index in [1.54, 1.807) is 0 Å². The van der Waals surface area contributed by atoms with Crippen molar-refractivity contribution in [1.82, 2.24) is 5.32 Å². The van der Waals surface area contributed by atoms with Gasteiger partial charge in [-0.2, -0.15) is 0 Å². The molecule has 1 aliphatic rings. The van der Waals surface area contributed by atoms with Crippen molar-refractivity contribution < 1.29 is 4.74 Å². The van der Waals surface area contributed by atoms with Crippen LogP contribution in [-0.4, -0.2) is 25.3 Å². The molecule has 0 aromatic heterocycles. The molecule has 0 saturated carbocycles. The Morgan fingerprint density at radius 2 is 2.20 bits per heavy atom. The molecule has 2 heteroatoms. The molecule has 2 unspecified atom stereocenters. The number of nitrogens with one attached hydrogen (secondary N) is 1. The topological polar surface area (TPSA) is 21.3 Å². The summed E-state index contributed by atoms with van der Waals surface area (Å²) in [5.74, 6) is 0.637. The van der Waals surface area contributed by atoms with Gasteiger partial charge in [0, 0.05) is 19.2 Å². The Morgan fingerprint density at radius 3 is 2.80 bits per heavy atom. The van der Waals surface area contributed by atoms with Crippen molar-refractivity contribution in [2.75, 3.05) is 13.2 Å². The molecule has 1 fully saturated rings. The molecule has 0 radical (unpaired) electrons. The second kappa shape index (κ2) is 6.29. The van der Waals surface area contributed by atoms with Gasteiger partial charge < -0.3 is 10.1 Å². The zero-order chi connectivity index (χ0) is 11.3. The number of hydrogen-bond acceptors (Lipinski definition) is 2. The molecule has 88 valence electrons. The summed E-state index contributed by atoms with van der Waals surface area (Å²) in [5, 5.41) is 3.58. The van der Waals surface area contributed by atoms with Gasteiger partial charge in [0.15, 0.2) is 0 Å². The van der Waals surface area contributed by atoms with Gasteiger partial charge >= 0.3 is 0 Å². The number of ether oxygens (including phenoxy) is 1. The summed E-state index contributed by atoms with van der Waals surface area (Å²) in [6.45, 7) is 10.7. The van der Waals surface area contributed by atoms with Gasteiger partial charge in [-0.15, -0.1) is 0 Å². The molecule has 1 heterocycles. The molecule has 15 heavy (non-hydrogen) atoms. The van der Waals surface area contributed by atoms with Crippen LogP contribution in [0.5, 0.6) is 0 Å². The van der Waals surface area contributed by atoms with Gasteiger partial charge in [-0.1, -0.05) is 25.5 Å². The largest absolute Gasteiger partial charge is 0.378 e. The summed E-state index contributed by atoms with van der Waals surface area (Å²) < 4.78 is 5.74. The number of allylic oxidation sites excluding steroid dienone is 1. The summed E-state index contributed by atoms with van der Waals surface area (Å²) in [6.07, 6.45) is 5.01. The van der Waals surface area contributed by atoms with Crippen LogP contribution >= 0.6 is 0 Å². The van der Waals surface area contributed by atoms with Crippen LogP contribution in [0.4, 0.5) is 0 Å². The van der Waals surface area contributed by atoms with Gasteiger partial charge in [0.1, 0.15) is 0 Å². The van der Waals surface area contributed by atoms with E-state index in [2.05, 4.69) is 39.1 Å². The van der Waals surface area contributed by atoms with Crippen LogP contribution in [0, 0.1) is 5.92 Å². The smallest absolute Gasteiger partial charge is 0.0612 e. The van der Waals surface area contributed by atoms with Crippen LogP contribution in [0.2, 0.25) is 0 Å². The fraction of sp³-hybridized carbons (Fsp3) is 0.846. The molecule has 0 aliphatic carbocycles. The molecule has 1 aliphatic heterocycles. The highest BCUT2D eigenvalue weighted by Crippen LogP contribution is 2.19. The Hall–Kier alpha value is -0.340. The molecular formula is C13H25NO. The first kappa shape index (κ1) is 12.7. The first-order valence-corrected chi connectivity index (χ1v) is 6.08. The maximum Gasteiger partial charge on any atom is 0.0612 e. The van der Waals surface area contributed by atoms with Crippen molar-refractivity contribution >= 4 is 0 Å². The highest BCUT2D eigenvalue weighted by atomic mass is 16.5. The van der Waals surface area contributed by atoms with Crippen LogP contribution < -0.4 is 5.32 Å². The van der Waals surface area contributed by atoms with Crippen LogP contribution in [0.15, 0.2) is 11.6 Å². The molecule has 1 rings (SSSR count). The van der Waals surface area contributed by atoms with Crippen LogP contribution in [0.25, 0.3) is 0 Å². The third-order valence-electron chi connectivity index (χ3n) is 2.98. The zero-order valence-electron chi connectivity index (χ0n) is 10.5. The Bertz CT molecular complexity index is 207. The van der Waals surface area contributed by atoms with Crippen molar-refractivity contribution in [3.8, 4) is 0 Å². The molecule has 0 amide bonds. The summed E-state index contributed by atoms with van der Waals surface area (Å²) in [7, 11) is 0. The van der Waals surface area contributed by atoms with Gasteiger partial charge in [0.2, 0.25) is 0 Å². The minimum Gasteiger partial charge on any atom is -0.378 e. The lowest BCUT2D eigenvalue weighted by Crippen LogP contribution is -2.40. The summed E-state index contributed by atoms with van der Waals surface area (Å²) >= 11 is 0. The van der Waals surface area contributed by atoms with Crippen LogP contribution in [-0.2, 0) is 4.74 Å². The monoisotopic (exact) mass is 211 g/mol. The van der Waals surface area contributed by atoms with Gasteiger partial charge in [-0.25, -0.2) is 0 Å². The maximum atomic E-state index is 5.74. The molecule has 0 aromatic rings.